The van der Waals surface area contributed by atoms with Gasteiger partial charge in [-0.25, -0.2) is 9.37 Å². The standard InChI is InChI=1S/C12H11FN2O/c1-8-9(2)15(7-14-8)12-10(6-16)4-3-5-11(12)13/h3-7H,1-2H3. The van der Waals surface area contributed by atoms with Crippen LogP contribution in [-0.2, 0) is 0 Å². The van der Waals surface area contributed by atoms with Crippen molar-refractivity contribution >= 4 is 6.29 Å². The molecule has 0 bridgehead atoms. The molecule has 0 aliphatic rings. The Morgan fingerprint density at radius 2 is 2.12 bits per heavy atom. The maximum absolute atomic E-state index is 13.7. The summed E-state index contributed by atoms with van der Waals surface area (Å²) in [6.45, 7) is 3.68. The first-order valence-electron chi connectivity index (χ1n) is 4.89. The highest BCUT2D eigenvalue weighted by molar-refractivity contribution is 5.81. The van der Waals surface area contributed by atoms with E-state index in [1.54, 1.807) is 10.6 Å². The van der Waals surface area contributed by atoms with Gasteiger partial charge < -0.3 is 0 Å². The summed E-state index contributed by atoms with van der Waals surface area (Å²) in [4.78, 5) is 15.0. The molecule has 2 rings (SSSR count). The lowest BCUT2D eigenvalue weighted by molar-refractivity contribution is 0.112. The second kappa shape index (κ2) is 3.89. The van der Waals surface area contributed by atoms with Gasteiger partial charge in [-0.2, -0.15) is 0 Å². The van der Waals surface area contributed by atoms with E-state index in [-0.39, 0.29) is 5.69 Å². The number of halogens is 1. The molecule has 0 radical (unpaired) electrons. The number of nitrogens with zero attached hydrogens (tertiary/aromatic N) is 2. The zero-order valence-electron chi connectivity index (χ0n) is 9.07. The van der Waals surface area contributed by atoms with Crippen molar-refractivity contribution in [2.24, 2.45) is 0 Å². The number of benzene rings is 1. The lowest BCUT2D eigenvalue weighted by Gasteiger charge is -2.09. The lowest BCUT2D eigenvalue weighted by atomic mass is 10.2. The number of imidazole rings is 1. The molecule has 0 aliphatic heterocycles. The second-order valence-corrected chi connectivity index (χ2v) is 3.58. The van der Waals surface area contributed by atoms with Gasteiger partial charge in [-0.1, -0.05) is 6.07 Å². The quantitative estimate of drug-likeness (QED) is 0.725. The van der Waals surface area contributed by atoms with Gasteiger partial charge in [-0.05, 0) is 26.0 Å². The highest BCUT2D eigenvalue weighted by Gasteiger charge is 2.12. The number of hydrogen-bond donors (Lipinski definition) is 0. The highest BCUT2D eigenvalue weighted by Crippen LogP contribution is 2.20. The van der Waals surface area contributed by atoms with Crippen LogP contribution < -0.4 is 0 Å². The largest absolute Gasteiger partial charge is 0.300 e. The van der Waals surface area contributed by atoms with Crippen molar-refractivity contribution in [1.82, 2.24) is 9.55 Å². The third kappa shape index (κ3) is 1.52. The molecule has 0 unspecified atom stereocenters. The molecule has 0 aliphatic carbocycles. The molecule has 3 nitrogen and oxygen atoms in total. The first-order chi connectivity index (χ1) is 7.65. The van der Waals surface area contributed by atoms with Crippen LogP contribution >= 0.6 is 0 Å². The molecule has 1 aromatic carbocycles. The minimum absolute atomic E-state index is 0.260. The molecule has 0 atom stereocenters. The van der Waals surface area contributed by atoms with E-state index >= 15 is 0 Å². The summed E-state index contributed by atoms with van der Waals surface area (Å²) in [6, 6.07) is 4.43. The lowest BCUT2D eigenvalue weighted by Crippen LogP contribution is -2.03. The molecule has 1 heterocycles. The smallest absolute Gasteiger partial charge is 0.152 e. The number of carbonyl (C=O) groups excluding carboxylic acids is 1. The van der Waals surface area contributed by atoms with E-state index in [9.17, 15) is 9.18 Å². The van der Waals surface area contributed by atoms with Gasteiger partial charge in [0, 0.05) is 11.3 Å². The number of rotatable bonds is 2. The molecule has 82 valence electrons. The third-order valence-electron chi connectivity index (χ3n) is 2.64. The highest BCUT2D eigenvalue weighted by atomic mass is 19.1. The summed E-state index contributed by atoms with van der Waals surface area (Å²) >= 11 is 0. The molecule has 0 amide bonds. The van der Waals surface area contributed by atoms with Gasteiger partial charge in [0.05, 0.1) is 17.7 Å². The predicted octanol–water partition coefficient (Wildman–Crippen LogP) is 2.44. The number of aryl methyl sites for hydroxylation is 1. The summed E-state index contributed by atoms with van der Waals surface area (Å²) in [7, 11) is 0. The molecular formula is C12H11FN2O. The van der Waals surface area contributed by atoms with E-state index in [4.69, 9.17) is 0 Å². The van der Waals surface area contributed by atoms with Crippen molar-refractivity contribution in [2.45, 2.75) is 13.8 Å². The van der Waals surface area contributed by atoms with Crippen molar-refractivity contribution in [3.8, 4) is 5.69 Å². The molecular weight excluding hydrogens is 207 g/mol. The summed E-state index contributed by atoms with van der Waals surface area (Å²) in [5, 5.41) is 0. The van der Waals surface area contributed by atoms with Crippen molar-refractivity contribution in [2.75, 3.05) is 0 Å². The Morgan fingerprint density at radius 1 is 1.38 bits per heavy atom. The molecule has 0 spiro atoms. The van der Waals surface area contributed by atoms with Crippen LogP contribution in [0.1, 0.15) is 21.7 Å². The fourth-order valence-corrected chi connectivity index (χ4v) is 1.61. The van der Waals surface area contributed by atoms with Crippen molar-refractivity contribution in [1.29, 1.82) is 0 Å². The molecule has 0 N–H and O–H groups in total. The average Bonchev–Trinajstić information content (AvgIpc) is 2.60. The molecule has 0 fully saturated rings. The normalized spacial score (nSPS) is 10.4. The maximum Gasteiger partial charge on any atom is 0.152 e. The van der Waals surface area contributed by atoms with E-state index in [1.807, 2.05) is 13.8 Å². The van der Waals surface area contributed by atoms with Gasteiger partial charge in [0.1, 0.15) is 5.82 Å². The first-order valence-corrected chi connectivity index (χ1v) is 4.89. The van der Waals surface area contributed by atoms with Crippen molar-refractivity contribution in [3.63, 3.8) is 0 Å². The number of aromatic nitrogens is 2. The Hall–Kier alpha value is -1.97. The van der Waals surface area contributed by atoms with E-state index < -0.39 is 5.82 Å². The Kier molecular flexibility index (Phi) is 2.56. The molecule has 0 saturated heterocycles. The van der Waals surface area contributed by atoms with Crippen molar-refractivity contribution in [3.05, 3.63) is 47.3 Å². The minimum atomic E-state index is -0.426. The average molecular weight is 218 g/mol. The molecule has 1 aromatic heterocycles. The zero-order valence-corrected chi connectivity index (χ0v) is 9.07. The molecule has 2 aromatic rings. The van der Waals surface area contributed by atoms with Gasteiger partial charge in [0.25, 0.3) is 0 Å². The summed E-state index contributed by atoms with van der Waals surface area (Å²) in [6.07, 6.45) is 2.17. The fourth-order valence-electron chi connectivity index (χ4n) is 1.61. The van der Waals surface area contributed by atoms with Crippen LogP contribution in [0.15, 0.2) is 24.5 Å². The van der Waals surface area contributed by atoms with Gasteiger partial charge in [0.2, 0.25) is 0 Å². The van der Waals surface area contributed by atoms with Crippen LogP contribution in [0.25, 0.3) is 5.69 Å². The monoisotopic (exact) mass is 218 g/mol. The van der Waals surface area contributed by atoms with E-state index in [0.29, 0.717) is 11.8 Å². The maximum atomic E-state index is 13.7. The predicted molar refractivity (Wildman–Crippen MR) is 58.4 cm³/mol. The van der Waals surface area contributed by atoms with Gasteiger partial charge in [-0.15, -0.1) is 0 Å². The van der Waals surface area contributed by atoms with Crippen LogP contribution in [0.5, 0.6) is 0 Å². The Bertz CT molecular complexity index is 546. The summed E-state index contributed by atoms with van der Waals surface area (Å²) in [5.74, 6) is -0.426. The van der Waals surface area contributed by atoms with Crippen LogP contribution in [0.3, 0.4) is 0 Å². The fraction of sp³-hybridized carbons (Fsp3) is 0.167. The molecule has 4 heteroatoms. The van der Waals surface area contributed by atoms with Crippen LogP contribution in [0, 0.1) is 19.7 Å². The molecule has 0 saturated carbocycles. The van der Waals surface area contributed by atoms with Crippen molar-refractivity contribution < 1.29 is 9.18 Å². The number of aldehydes is 1. The number of para-hydroxylation sites is 1. The number of hydrogen-bond acceptors (Lipinski definition) is 2. The summed E-state index contributed by atoms with van der Waals surface area (Å²) in [5.41, 5.74) is 2.23. The first kappa shape index (κ1) is 10.5. The van der Waals surface area contributed by atoms with Gasteiger partial charge >= 0.3 is 0 Å². The topological polar surface area (TPSA) is 34.9 Å². The minimum Gasteiger partial charge on any atom is -0.300 e. The number of carbonyl (C=O) groups is 1. The zero-order chi connectivity index (χ0) is 11.7. The molecule has 16 heavy (non-hydrogen) atoms. The van der Waals surface area contributed by atoms with Gasteiger partial charge in [0.15, 0.2) is 6.29 Å². The van der Waals surface area contributed by atoms with Gasteiger partial charge in [-0.3, -0.25) is 9.36 Å². The van der Waals surface area contributed by atoms with Crippen LogP contribution in [0.4, 0.5) is 4.39 Å². The van der Waals surface area contributed by atoms with Crippen LogP contribution in [-0.4, -0.2) is 15.8 Å². The Labute approximate surface area is 92.5 Å². The Morgan fingerprint density at radius 3 is 2.69 bits per heavy atom. The second-order valence-electron chi connectivity index (χ2n) is 3.58. The van der Waals surface area contributed by atoms with E-state index in [1.165, 1.54) is 18.5 Å². The van der Waals surface area contributed by atoms with E-state index in [2.05, 4.69) is 4.98 Å². The third-order valence-corrected chi connectivity index (χ3v) is 2.64. The van der Waals surface area contributed by atoms with E-state index in [0.717, 1.165) is 11.4 Å². The Balaban J connectivity index is 2.72. The van der Waals surface area contributed by atoms with Crippen LogP contribution in [0.2, 0.25) is 0 Å². The summed E-state index contributed by atoms with van der Waals surface area (Å²) < 4.78 is 15.3. The SMILES string of the molecule is Cc1ncn(-c2c(F)cccc2C=O)c1C.